The summed E-state index contributed by atoms with van der Waals surface area (Å²) in [5.41, 5.74) is 1.58. The van der Waals surface area contributed by atoms with Crippen molar-refractivity contribution in [2.75, 3.05) is 0 Å². The predicted octanol–water partition coefficient (Wildman–Crippen LogP) is 8.83. The summed E-state index contributed by atoms with van der Waals surface area (Å²) in [5.74, 6) is 3.60. The summed E-state index contributed by atoms with van der Waals surface area (Å²) in [4.78, 5) is 14.2. The van der Waals surface area contributed by atoms with Gasteiger partial charge < -0.3 is 9.84 Å². The van der Waals surface area contributed by atoms with E-state index in [1.54, 1.807) is 0 Å². The van der Waals surface area contributed by atoms with Crippen LogP contribution in [0, 0.1) is 62.6 Å². The Labute approximate surface area is 244 Å². The van der Waals surface area contributed by atoms with Gasteiger partial charge in [-0.25, -0.2) is 0 Å². The molecule has 3 heteroatoms. The summed E-state index contributed by atoms with van der Waals surface area (Å²) in [7, 11) is 0. The molecule has 5 aliphatic rings. The normalized spacial score (nSPS) is 47.5. The van der Waals surface area contributed by atoms with Crippen LogP contribution in [0.3, 0.4) is 0 Å². The highest BCUT2D eigenvalue weighted by Gasteiger charge is 2.72. The van der Waals surface area contributed by atoms with E-state index in [2.05, 4.69) is 60.6 Å². The van der Waals surface area contributed by atoms with Gasteiger partial charge in [-0.15, -0.1) is 0 Å². The van der Waals surface area contributed by atoms with E-state index in [9.17, 15) is 9.90 Å². The Kier molecular flexibility index (Phi) is 6.89. The number of benzene rings is 1. The quantitative estimate of drug-likeness (QED) is 0.382. The van der Waals surface area contributed by atoms with Crippen LogP contribution in [0.2, 0.25) is 0 Å². The SMILES string of the molecule is CC(C)[C@@H]1CC[C@]2(C(=O)OCc3ccccc3)CC[C@]3(C)C(CC[C@@H]4[C@@]5(C)CC[C@H](O)C(C)(C)[C@@H]5CC[C@]43C)[C@H]12. The van der Waals surface area contributed by atoms with Crippen LogP contribution in [-0.2, 0) is 16.1 Å². The second-order valence-electron chi connectivity index (χ2n) is 16.7. The van der Waals surface area contributed by atoms with Gasteiger partial charge in [0.1, 0.15) is 6.61 Å². The number of carbonyl (C=O) groups excluding carboxylic acids is 1. The first kappa shape index (κ1) is 28.8. The molecule has 3 nitrogen and oxygen atoms in total. The standard InChI is InChI=1S/C37H56O3/c1-24(2)26-15-20-37(32(39)40-23-25-11-9-8-10-12-25)22-21-35(6)27(31(26)37)13-14-29-34(5)18-17-30(38)33(3,4)28(34)16-19-36(29,35)7/h8-12,24,26-31,38H,13-23H2,1-7H3/t26-,27?,28-,29+,30-,31-,34-,35+,36+,37-/m0/s1. The molecule has 0 heterocycles. The molecule has 0 radical (unpaired) electrons. The van der Waals surface area contributed by atoms with Crippen LogP contribution in [0.15, 0.2) is 30.3 Å². The maximum absolute atomic E-state index is 14.2. The van der Waals surface area contributed by atoms with Gasteiger partial charge in [0.2, 0.25) is 0 Å². The third-order valence-corrected chi connectivity index (χ3v) is 14.9. The van der Waals surface area contributed by atoms with E-state index in [1.807, 2.05) is 18.2 Å². The van der Waals surface area contributed by atoms with E-state index in [0.717, 1.165) is 37.7 Å². The predicted molar refractivity (Wildman–Crippen MR) is 161 cm³/mol. The van der Waals surface area contributed by atoms with Crippen LogP contribution >= 0.6 is 0 Å². The van der Waals surface area contributed by atoms with Crippen LogP contribution in [0.25, 0.3) is 0 Å². The smallest absolute Gasteiger partial charge is 0.312 e. The van der Waals surface area contributed by atoms with Crippen molar-refractivity contribution in [3.8, 4) is 0 Å². The maximum atomic E-state index is 14.2. The molecule has 0 aliphatic heterocycles. The first-order valence-corrected chi connectivity index (χ1v) is 16.7. The summed E-state index contributed by atoms with van der Waals surface area (Å²) in [6.45, 7) is 17.8. The molecule has 1 unspecified atom stereocenters. The highest BCUT2D eigenvalue weighted by Crippen LogP contribution is 2.77. The van der Waals surface area contributed by atoms with Gasteiger partial charge >= 0.3 is 5.97 Å². The average Bonchev–Trinajstić information content (AvgIpc) is 3.32. The summed E-state index contributed by atoms with van der Waals surface area (Å²) in [6.07, 6.45) is 11.3. The minimum Gasteiger partial charge on any atom is -0.460 e. The molecule has 1 aromatic rings. The Hall–Kier alpha value is -1.35. The van der Waals surface area contributed by atoms with Crippen LogP contribution in [-0.4, -0.2) is 17.2 Å². The minimum atomic E-state index is -0.310. The van der Waals surface area contributed by atoms with Crippen molar-refractivity contribution in [2.45, 2.75) is 125 Å². The first-order valence-electron chi connectivity index (χ1n) is 16.7. The summed E-state index contributed by atoms with van der Waals surface area (Å²) in [5, 5.41) is 11.0. The first-order chi connectivity index (χ1) is 18.8. The lowest BCUT2D eigenvalue weighted by molar-refractivity contribution is -0.250. The van der Waals surface area contributed by atoms with Gasteiger partial charge in [0.25, 0.3) is 0 Å². The van der Waals surface area contributed by atoms with E-state index in [1.165, 1.54) is 32.1 Å². The highest BCUT2D eigenvalue weighted by molar-refractivity contribution is 5.78. The molecule has 1 aromatic carbocycles. The molecule has 0 aromatic heterocycles. The van der Waals surface area contributed by atoms with Crippen LogP contribution in [0.5, 0.6) is 0 Å². The molecule has 222 valence electrons. The van der Waals surface area contributed by atoms with Crippen molar-refractivity contribution in [3.63, 3.8) is 0 Å². The number of aliphatic hydroxyl groups is 1. The Balaban J connectivity index is 1.33. The number of fused-ring (bicyclic) bond motifs is 7. The van der Waals surface area contributed by atoms with Gasteiger partial charge in [0.15, 0.2) is 0 Å². The van der Waals surface area contributed by atoms with E-state index in [4.69, 9.17) is 4.74 Å². The van der Waals surface area contributed by atoms with Crippen molar-refractivity contribution in [2.24, 2.45) is 62.6 Å². The molecule has 0 spiro atoms. The number of esters is 1. The van der Waals surface area contributed by atoms with E-state index in [-0.39, 0.29) is 33.7 Å². The molecule has 5 aliphatic carbocycles. The van der Waals surface area contributed by atoms with Crippen molar-refractivity contribution in [1.82, 2.24) is 0 Å². The molecule has 40 heavy (non-hydrogen) atoms. The lowest BCUT2D eigenvalue weighted by atomic mass is 9.32. The molecule has 10 atom stereocenters. The molecule has 6 rings (SSSR count). The van der Waals surface area contributed by atoms with Gasteiger partial charge in [-0.2, -0.15) is 0 Å². The third kappa shape index (κ3) is 3.80. The average molecular weight is 549 g/mol. The van der Waals surface area contributed by atoms with Gasteiger partial charge in [0.05, 0.1) is 11.5 Å². The van der Waals surface area contributed by atoms with Gasteiger partial charge in [0, 0.05) is 0 Å². The van der Waals surface area contributed by atoms with Crippen molar-refractivity contribution >= 4 is 5.97 Å². The zero-order valence-corrected chi connectivity index (χ0v) is 26.5. The molecule has 1 N–H and O–H groups in total. The minimum absolute atomic E-state index is 0.00942. The Morgan fingerprint density at radius 1 is 0.850 bits per heavy atom. The number of carbonyl (C=O) groups is 1. The maximum Gasteiger partial charge on any atom is 0.312 e. The van der Waals surface area contributed by atoms with Gasteiger partial charge in [-0.05, 0) is 127 Å². The summed E-state index contributed by atoms with van der Waals surface area (Å²) >= 11 is 0. The number of hydrogen-bond donors (Lipinski definition) is 1. The Morgan fingerprint density at radius 2 is 1.57 bits per heavy atom. The second-order valence-corrected chi connectivity index (χ2v) is 16.7. The van der Waals surface area contributed by atoms with Crippen LogP contribution < -0.4 is 0 Å². The van der Waals surface area contributed by atoms with Gasteiger partial charge in [-0.1, -0.05) is 78.8 Å². The molecule has 0 bridgehead atoms. The number of rotatable bonds is 4. The highest BCUT2D eigenvalue weighted by atomic mass is 16.5. The molecule has 0 saturated heterocycles. The molecule has 0 amide bonds. The topological polar surface area (TPSA) is 46.5 Å². The lowest BCUT2D eigenvalue weighted by Crippen LogP contribution is -2.67. The van der Waals surface area contributed by atoms with Gasteiger partial charge in [-0.3, -0.25) is 4.79 Å². The van der Waals surface area contributed by atoms with E-state index >= 15 is 0 Å². The van der Waals surface area contributed by atoms with Crippen LogP contribution in [0.4, 0.5) is 0 Å². The monoisotopic (exact) mass is 548 g/mol. The Bertz CT molecular complexity index is 1110. The third-order valence-electron chi connectivity index (χ3n) is 14.9. The number of hydrogen-bond acceptors (Lipinski definition) is 3. The number of aliphatic hydroxyl groups excluding tert-OH is 1. The fraction of sp³-hybridized carbons (Fsp3) is 0.811. The summed E-state index contributed by atoms with van der Waals surface area (Å²) in [6, 6.07) is 10.2. The largest absolute Gasteiger partial charge is 0.460 e. The second kappa shape index (κ2) is 9.58. The molecule has 5 saturated carbocycles. The van der Waals surface area contributed by atoms with Crippen molar-refractivity contribution in [3.05, 3.63) is 35.9 Å². The van der Waals surface area contributed by atoms with E-state index in [0.29, 0.717) is 47.5 Å². The Morgan fingerprint density at radius 3 is 2.27 bits per heavy atom. The van der Waals surface area contributed by atoms with Crippen LogP contribution in [0.1, 0.15) is 118 Å². The zero-order valence-electron chi connectivity index (χ0n) is 26.5. The fourth-order valence-electron chi connectivity index (χ4n) is 12.6. The van der Waals surface area contributed by atoms with E-state index < -0.39 is 0 Å². The lowest BCUT2D eigenvalue weighted by Gasteiger charge is -2.72. The number of ether oxygens (including phenoxy) is 1. The molecule has 5 fully saturated rings. The molecular weight excluding hydrogens is 492 g/mol. The van der Waals surface area contributed by atoms with Crippen molar-refractivity contribution < 1.29 is 14.6 Å². The van der Waals surface area contributed by atoms with Crippen molar-refractivity contribution in [1.29, 1.82) is 0 Å². The summed E-state index contributed by atoms with van der Waals surface area (Å²) < 4.78 is 6.20. The fourth-order valence-corrected chi connectivity index (χ4v) is 12.6. The zero-order chi connectivity index (χ0) is 28.7. The molecular formula is C37H56O3.